The Morgan fingerprint density at radius 3 is 2.09 bits per heavy atom. The topological polar surface area (TPSA) is 9.23 Å². The fraction of sp³-hybridized carbons (Fsp3) is 0.0476. The van der Waals surface area contributed by atoms with Crippen LogP contribution in [0, 0.1) is 15.4 Å². The highest BCUT2D eigenvalue weighted by atomic mass is 127. The smallest absolute Gasteiger partial charge is 0.118 e. The van der Waals surface area contributed by atoms with Gasteiger partial charge in [-0.15, -0.1) is 0 Å². The Kier molecular flexibility index (Phi) is 4.99. The Bertz CT molecular complexity index is 870. The number of rotatable bonds is 2. The molecule has 0 bridgehead atoms. The van der Waals surface area contributed by atoms with E-state index in [0.29, 0.717) is 0 Å². The zero-order valence-corrected chi connectivity index (χ0v) is 14.9. The molecule has 3 rings (SSSR count). The molecular weight excluding hydrogens is 395 g/mol. The fourth-order valence-electron chi connectivity index (χ4n) is 2.32. The standard InChI is InChI=1S/C21H15IO/c1-23-18-14-11-16(12-15-18)10-13-17-6-2-3-7-19(17)20-8-4-5-9-21(20)22/h2-9,11-12,14-15H,1H3. The number of ether oxygens (including phenoxy) is 1. The summed E-state index contributed by atoms with van der Waals surface area (Å²) in [7, 11) is 1.67. The maximum absolute atomic E-state index is 5.17. The average Bonchev–Trinajstić information content (AvgIpc) is 2.61. The van der Waals surface area contributed by atoms with Crippen molar-refractivity contribution < 1.29 is 4.74 Å². The van der Waals surface area contributed by atoms with Gasteiger partial charge in [-0.1, -0.05) is 48.2 Å². The van der Waals surface area contributed by atoms with Gasteiger partial charge in [0.25, 0.3) is 0 Å². The molecule has 0 fully saturated rings. The molecule has 0 saturated heterocycles. The van der Waals surface area contributed by atoms with Crippen LogP contribution in [0.25, 0.3) is 11.1 Å². The zero-order chi connectivity index (χ0) is 16.1. The third kappa shape index (κ3) is 3.75. The molecule has 0 aliphatic heterocycles. The molecule has 0 radical (unpaired) electrons. The van der Waals surface area contributed by atoms with E-state index in [1.54, 1.807) is 7.11 Å². The van der Waals surface area contributed by atoms with Gasteiger partial charge in [-0.05, 0) is 70.1 Å². The first kappa shape index (κ1) is 15.6. The van der Waals surface area contributed by atoms with Crippen LogP contribution in [-0.2, 0) is 0 Å². The molecule has 0 atom stereocenters. The molecular formula is C21H15IO. The molecule has 0 saturated carbocycles. The summed E-state index contributed by atoms with van der Waals surface area (Å²) in [6.07, 6.45) is 0. The van der Waals surface area contributed by atoms with Crippen molar-refractivity contribution in [1.82, 2.24) is 0 Å². The van der Waals surface area contributed by atoms with Gasteiger partial charge in [-0.25, -0.2) is 0 Å². The van der Waals surface area contributed by atoms with Crippen LogP contribution in [-0.4, -0.2) is 7.11 Å². The number of hydrogen-bond acceptors (Lipinski definition) is 1. The van der Waals surface area contributed by atoms with Gasteiger partial charge in [0.15, 0.2) is 0 Å². The minimum Gasteiger partial charge on any atom is -0.497 e. The number of benzene rings is 3. The van der Waals surface area contributed by atoms with Crippen molar-refractivity contribution in [3.8, 4) is 28.7 Å². The van der Waals surface area contributed by atoms with Crippen LogP contribution in [0.5, 0.6) is 5.75 Å². The predicted octanol–water partition coefficient (Wildman–Crippen LogP) is 5.37. The fourth-order valence-corrected chi connectivity index (χ4v) is 3.00. The van der Waals surface area contributed by atoms with Gasteiger partial charge >= 0.3 is 0 Å². The highest BCUT2D eigenvalue weighted by Gasteiger charge is 2.05. The summed E-state index contributed by atoms with van der Waals surface area (Å²) in [6.45, 7) is 0. The molecule has 0 amide bonds. The molecule has 0 unspecified atom stereocenters. The molecule has 23 heavy (non-hydrogen) atoms. The number of halogens is 1. The summed E-state index contributed by atoms with van der Waals surface area (Å²) < 4.78 is 6.40. The predicted molar refractivity (Wildman–Crippen MR) is 104 cm³/mol. The largest absolute Gasteiger partial charge is 0.497 e. The van der Waals surface area contributed by atoms with Crippen LogP contribution in [0.15, 0.2) is 72.8 Å². The summed E-state index contributed by atoms with van der Waals surface area (Å²) in [4.78, 5) is 0. The lowest BCUT2D eigenvalue weighted by atomic mass is 10.00. The Morgan fingerprint density at radius 2 is 1.39 bits per heavy atom. The number of methoxy groups -OCH3 is 1. The van der Waals surface area contributed by atoms with Crippen molar-refractivity contribution in [1.29, 1.82) is 0 Å². The van der Waals surface area contributed by atoms with Gasteiger partial charge in [0, 0.05) is 14.7 Å². The molecule has 0 aliphatic rings. The van der Waals surface area contributed by atoms with Gasteiger partial charge in [0.05, 0.1) is 7.11 Å². The molecule has 0 aliphatic carbocycles. The van der Waals surface area contributed by atoms with Crippen LogP contribution in [0.2, 0.25) is 0 Å². The Labute approximate surface area is 150 Å². The molecule has 0 heterocycles. The minimum atomic E-state index is 0.842. The van der Waals surface area contributed by atoms with Crippen molar-refractivity contribution in [3.63, 3.8) is 0 Å². The molecule has 112 valence electrons. The van der Waals surface area contributed by atoms with E-state index in [2.05, 4.69) is 76.9 Å². The van der Waals surface area contributed by atoms with E-state index in [1.165, 1.54) is 14.7 Å². The van der Waals surface area contributed by atoms with Gasteiger partial charge in [0.2, 0.25) is 0 Å². The van der Waals surface area contributed by atoms with E-state index in [4.69, 9.17) is 4.74 Å². The second-order valence-corrected chi connectivity index (χ2v) is 6.17. The van der Waals surface area contributed by atoms with Crippen molar-refractivity contribution in [2.75, 3.05) is 7.11 Å². The normalized spacial score (nSPS) is 9.83. The maximum atomic E-state index is 5.17. The van der Waals surface area contributed by atoms with Gasteiger partial charge in [-0.2, -0.15) is 0 Å². The quantitative estimate of drug-likeness (QED) is 0.408. The first-order chi connectivity index (χ1) is 11.3. The summed E-state index contributed by atoms with van der Waals surface area (Å²) >= 11 is 2.37. The van der Waals surface area contributed by atoms with Crippen LogP contribution in [0.4, 0.5) is 0 Å². The molecule has 0 spiro atoms. The molecule has 1 nitrogen and oxygen atoms in total. The monoisotopic (exact) mass is 410 g/mol. The van der Waals surface area contributed by atoms with Crippen molar-refractivity contribution in [2.45, 2.75) is 0 Å². The van der Waals surface area contributed by atoms with E-state index in [-0.39, 0.29) is 0 Å². The van der Waals surface area contributed by atoms with E-state index in [9.17, 15) is 0 Å². The Hall–Kier alpha value is -2.25. The summed E-state index contributed by atoms with van der Waals surface area (Å²) in [6, 6.07) is 24.4. The SMILES string of the molecule is COc1ccc(C#Cc2ccccc2-c2ccccc2I)cc1. The Morgan fingerprint density at radius 1 is 0.739 bits per heavy atom. The van der Waals surface area contributed by atoms with E-state index >= 15 is 0 Å². The highest BCUT2D eigenvalue weighted by Crippen LogP contribution is 2.27. The van der Waals surface area contributed by atoms with E-state index in [0.717, 1.165) is 16.9 Å². The average molecular weight is 410 g/mol. The van der Waals surface area contributed by atoms with Crippen molar-refractivity contribution in [3.05, 3.63) is 87.5 Å². The number of hydrogen-bond donors (Lipinski definition) is 0. The second kappa shape index (κ2) is 7.34. The minimum absolute atomic E-state index is 0.842. The van der Waals surface area contributed by atoms with Gasteiger partial charge in [0.1, 0.15) is 5.75 Å². The first-order valence-electron chi connectivity index (χ1n) is 7.28. The third-order valence-electron chi connectivity index (χ3n) is 3.52. The first-order valence-corrected chi connectivity index (χ1v) is 8.36. The zero-order valence-electron chi connectivity index (χ0n) is 12.7. The van der Waals surface area contributed by atoms with Crippen LogP contribution >= 0.6 is 22.6 Å². The lowest BCUT2D eigenvalue weighted by Gasteiger charge is -2.07. The molecule has 0 N–H and O–H groups in total. The molecule has 3 aromatic carbocycles. The van der Waals surface area contributed by atoms with Gasteiger partial charge in [-0.3, -0.25) is 0 Å². The van der Waals surface area contributed by atoms with E-state index < -0.39 is 0 Å². The highest BCUT2D eigenvalue weighted by molar-refractivity contribution is 14.1. The Balaban J connectivity index is 1.99. The summed E-state index contributed by atoms with van der Waals surface area (Å²) in [5.74, 6) is 7.37. The van der Waals surface area contributed by atoms with Crippen molar-refractivity contribution in [2.24, 2.45) is 0 Å². The lowest BCUT2D eigenvalue weighted by Crippen LogP contribution is -1.87. The van der Waals surface area contributed by atoms with Gasteiger partial charge < -0.3 is 4.74 Å². The van der Waals surface area contributed by atoms with Crippen LogP contribution < -0.4 is 4.74 Å². The molecule has 3 aromatic rings. The summed E-state index contributed by atoms with van der Waals surface area (Å²) in [5, 5.41) is 0. The second-order valence-electron chi connectivity index (χ2n) is 5.00. The third-order valence-corrected chi connectivity index (χ3v) is 4.46. The van der Waals surface area contributed by atoms with Crippen molar-refractivity contribution >= 4 is 22.6 Å². The van der Waals surface area contributed by atoms with Crippen LogP contribution in [0.3, 0.4) is 0 Å². The van der Waals surface area contributed by atoms with E-state index in [1.807, 2.05) is 30.3 Å². The lowest BCUT2D eigenvalue weighted by molar-refractivity contribution is 0.415. The summed E-state index contributed by atoms with van der Waals surface area (Å²) in [5.41, 5.74) is 4.39. The maximum Gasteiger partial charge on any atom is 0.118 e. The van der Waals surface area contributed by atoms with Crippen LogP contribution in [0.1, 0.15) is 11.1 Å². The molecule has 0 aromatic heterocycles. The molecule has 2 heteroatoms.